The van der Waals surface area contributed by atoms with Crippen molar-refractivity contribution >= 4 is 0 Å². The van der Waals surface area contributed by atoms with Crippen LogP contribution < -0.4 is 4.74 Å². The smallest absolute Gasteiger partial charge is 0.165 e. The van der Waals surface area contributed by atoms with Crippen LogP contribution in [0.3, 0.4) is 0 Å². The summed E-state index contributed by atoms with van der Waals surface area (Å²) in [5, 5.41) is 20.1. The molecule has 5 heteroatoms. The fraction of sp³-hybridized carbons (Fsp3) is 0.647. The van der Waals surface area contributed by atoms with Crippen molar-refractivity contribution in [3.8, 4) is 5.75 Å². The molecule has 1 aliphatic rings. The monoisotopic (exact) mass is 311 g/mol. The van der Waals surface area contributed by atoms with E-state index >= 15 is 0 Å². The molecule has 2 atom stereocenters. The van der Waals surface area contributed by atoms with Crippen LogP contribution in [0.15, 0.2) is 18.2 Å². The summed E-state index contributed by atoms with van der Waals surface area (Å²) in [6, 6.07) is 4.98. The highest BCUT2D eigenvalue weighted by Crippen LogP contribution is 2.35. The first-order valence-electron chi connectivity index (χ1n) is 7.88. The lowest BCUT2D eigenvalue weighted by Gasteiger charge is -2.45. The molecule has 124 valence electrons. The van der Waals surface area contributed by atoms with Crippen LogP contribution in [0.25, 0.3) is 0 Å². The molecule has 0 aliphatic carbocycles. The Balaban J connectivity index is 2.08. The van der Waals surface area contributed by atoms with E-state index in [2.05, 4.69) is 11.8 Å². The number of aliphatic hydroxyl groups excluding tert-OH is 2. The van der Waals surface area contributed by atoms with Gasteiger partial charge in [-0.15, -0.1) is 0 Å². The van der Waals surface area contributed by atoms with E-state index in [0.717, 1.165) is 24.9 Å². The molecule has 0 amide bonds. The highest BCUT2D eigenvalue weighted by molar-refractivity contribution is 5.29. The molecule has 2 N–H and O–H groups in total. The second kappa shape index (κ2) is 7.40. The fourth-order valence-corrected chi connectivity index (χ4v) is 3.42. The maximum absolute atomic E-state index is 13.8. The van der Waals surface area contributed by atoms with E-state index in [1.54, 1.807) is 6.07 Å². The molecule has 0 aromatic heterocycles. The zero-order valence-corrected chi connectivity index (χ0v) is 13.4. The van der Waals surface area contributed by atoms with Crippen molar-refractivity contribution in [2.24, 2.45) is 5.41 Å². The number of ether oxygens (including phenoxy) is 1. The van der Waals surface area contributed by atoms with E-state index < -0.39 is 11.5 Å². The van der Waals surface area contributed by atoms with Crippen molar-refractivity contribution in [2.75, 3.05) is 26.8 Å². The molecule has 0 spiro atoms. The standard InChI is InChI=1S/C17H26FNO3/c1-3-7-17(12-20)11-19(8-6-16(17)21)10-13-4-5-15(22-2)14(18)9-13/h4-5,9,16,20-21H,3,6-8,10-12H2,1-2H3/t16-,17+/m1/s1. The Morgan fingerprint density at radius 2 is 2.23 bits per heavy atom. The number of hydrogen-bond donors (Lipinski definition) is 2. The van der Waals surface area contributed by atoms with Crippen LogP contribution in [0.5, 0.6) is 5.75 Å². The summed E-state index contributed by atoms with van der Waals surface area (Å²) in [6.07, 6.45) is 1.88. The average molecular weight is 311 g/mol. The molecular formula is C17H26FNO3. The highest BCUT2D eigenvalue weighted by atomic mass is 19.1. The Kier molecular flexibility index (Phi) is 5.78. The molecule has 1 aromatic carbocycles. The largest absolute Gasteiger partial charge is 0.494 e. The molecule has 1 aromatic rings. The van der Waals surface area contributed by atoms with Gasteiger partial charge in [0.2, 0.25) is 0 Å². The van der Waals surface area contributed by atoms with Crippen molar-refractivity contribution in [2.45, 2.75) is 38.8 Å². The zero-order valence-electron chi connectivity index (χ0n) is 13.4. The Morgan fingerprint density at radius 1 is 1.45 bits per heavy atom. The van der Waals surface area contributed by atoms with Crippen molar-refractivity contribution in [1.82, 2.24) is 4.90 Å². The van der Waals surface area contributed by atoms with Gasteiger partial charge in [0.15, 0.2) is 11.6 Å². The summed E-state index contributed by atoms with van der Waals surface area (Å²) in [6.45, 7) is 4.03. The first kappa shape index (κ1) is 17.2. The average Bonchev–Trinajstić information content (AvgIpc) is 2.51. The third-order valence-corrected chi connectivity index (χ3v) is 4.65. The quantitative estimate of drug-likeness (QED) is 0.845. The van der Waals surface area contributed by atoms with E-state index in [0.29, 0.717) is 19.5 Å². The minimum Gasteiger partial charge on any atom is -0.494 e. The summed E-state index contributed by atoms with van der Waals surface area (Å²) >= 11 is 0. The topological polar surface area (TPSA) is 52.9 Å². The van der Waals surface area contributed by atoms with E-state index in [1.807, 2.05) is 6.07 Å². The number of piperidine rings is 1. The van der Waals surface area contributed by atoms with Gasteiger partial charge in [0.1, 0.15) is 0 Å². The molecule has 1 heterocycles. The van der Waals surface area contributed by atoms with Crippen molar-refractivity contribution in [3.63, 3.8) is 0 Å². The van der Waals surface area contributed by atoms with E-state index in [9.17, 15) is 14.6 Å². The van der Waals surface area contributed by atoms with Crippen LogP contribution in [0.2, 0.25) is 0 Å². The third kappa shape index (κ3) is 3.59. The first-order valence-corrected chi connectivity index (χ1v) is 7.88. The molecule has 1 saturated heterocycles. The van der Waals surface area contributed by atoms with Gasteiger partial charge in [-0.3, -0.25) is 4.90 Å². The van der Waals surface area contributed by atoms with Gasteiger partial charge in [0, 0.05) is 25.0 Å². The van der Waals surface area contributed by atoms with Crippen LogP contribution in [-0.4, -0.2) is 48.0 Å². The van der Waals surface area contributed by atoms with Crippen molar-refractivity contribution in [1.29, 1.82) is 0 Å². The van der Waals surface area contributed by atoms with Gasteiger partial charge in [-0.1, -0.05) is 19.4 Å². The van der Waals surface area contributed by atoms with Crippen LogP contribution in [0.1, 0.15) is 31.7 Å². The summed E-state index contributed by atoms with van der Waals surface area (Å²) in [5.41, 5.74) is 0.413. The third-order valence-electron chi connectivity index (χ3n) is 4.65. The van der Waals surface area contributed by atoms with Crippen molar-refractivity contribution in [3.05, 3.63) is 29.6 Å². The molecule has 0 saturated carbocycles. The molecule has 0 radical (unpaired) electrons. The summed E-state index contributed by atoms with van der Waals surface area (Å²) in [7, 11) is 1.45. The Morgan fingerprint density at radius 3 is 2.82 bits per heavy atom. The van der Waals surface area contributed by atoms with E-state index in [1.165, 1.54) is 13.2 Å². The second-order valence-corrected chi connectivity index (χ2v) is 6.25. The molecule has 4 nitrogen and oxygen atoms in total. The van der Waals surface area contributed by atoms with Gasteiger partial charge in [-0.05, 0) is 30.5 Å². The van der Waals surface area contributed by atoms with Crippen molar-refractivity contribution < 1.29 is 19.3 Å². The lowest BCUT2D eigenvalue weighted by molar-refractivity contribution is -0.0819. The molecule has 22 heavy (non-hydrogen) atoms. The summed E-state index contributed by atoms with van der Waals surface area (Å²) in [5.74, 6) is -0.118. The molecule has 2 rings (SSSR count). The number of methoxy groups -OCH3 is 1. The SMILES string of the molecule is CCC[C@@]1(CO)CN(Cc2ccc(OC)c(F)c2)CC[C@H]1O. The van der Waals surface area contributed by atoms with Crippen LogP contribution in [-0.2, 0) is 6.54 Å². The number of rotatable bonds is 6. The number of hydrogen-bond acceptors (Lipinski definition) is 4. The van der Waals surface area contributed by atoms with Gasteiger partial charge in [0.05, 0.1) is 19.8 Å². The summed E-state index contributed by atoms with van der Waals surface area (Å²) < 4.78 is 18.7. The Bertz CT molecular complexity index is 497. The van der Waals surface area contributed by atoms with Gasteiger partial charge < -0.3 is 14.9 Å². The molecular weight excluding hydrogens is 285 g/mol. The Labute approximate surface area is 131 Å². The van der Waals surface area contributed by atoms with Crippen LogP contribution in [0.4, 0.5) is 4.39 Å². The first-order chi connectivity index (χ1) is 10.5. The van der Waals surface area contributed by atoms with E-state index in [4.69, 9.17) is 4.74 Å². The molecule has 0 bridgehead atoms. The molecule has 1 fully saturated rings. The minimum atomic E-state index is -0.471. The lowest BCUT2D eigenvalue weighted by Crippen LogP contribution is -2.53. The second-order valence-electron chi connectivity index (χ2n) is 6.25. The van der Waals surface area contributed by atoms with Gasteiger partial charge in [-0.25, -0.2) is 4.39 Å². The maximum Gasteiger partial charge on any atom is 0.165 e. The highest BCUT2D eigenvalue weighted by Gasteiger charge is 2.41. The number of benzene rings is 1. The number of nitrogens with zero attached hydrogens (tertiary/aromatic N) is 1. The van der Waals surface area contributed by atoms with Gasteiger partial charge in [-0.2, -0.15) is 0 Å². The summed E-state index contributed by atoms with van der Waals surface area (Å²) in [4.78, 5) is 2.18. The van der Waals surface area contributed by atoms with Crippen LogP contribution >= 0.6 is 0 Å². The number of halogens is 1. The normalized spacial score (nSPS) is 26.1. The minimum absolute atomic E-state index is 0.0184. The Hall–Kier alpha value is -1.17. The predicted octanol–water partition coefficient (Wildman–Crippen LogP) is 2.18. The molecule has 0 unspecified atom stereocenters. The van der Waals surface area contributed by atoms with Gasteiger partial charge >= 0.3 is 0 Å². The number of aliphatic hydroxyl groups is 2. The van der Waals surface area contributed by atoms with Gasteiger partial charge in [0.25, 0.3) is 0 Å². The predicted molar refractivity (Wildman–Crippen MR) is 83.3 cm³/mol. The zero-order chi connectivity index (χ0) is 16.2. The molecule has 1 aliphatic heterocycles. The maximum atomic E-state index is 13.8. The number of likely N-dealkylation sites (tertiary alicyclic amines) is 1. The van der Waals surface area contributed by atoms with E-state index in [-0.39, 0.29) is 18.2 Å². The lowest BCUT2D eigenvalue weighted by atomic mass is 9.74. The van der Waals surface area contributed by atoms with Crippen LogP contribution in [0, 0.1) is 11.2 Å². The fourth-order valence-electron chi connectivity index (χ4n) is 3.42.